The molecular formula is C14H18N2O4S. The Morgan fingerprint density at radius 1 is 1.48 bits per heavy atom. The summed E-state index contributed by atoms with van der Waals surface area (Å²) >= 11 is 0. The predicted molar refractivity (Wildman–Crippen MR) is 78.7 cm³/mol. The Morgan fingerprint density at radius 3 is 2.71 bits per heavy atom. The Morgan fingerprint density at radius 2 is 2.14 bits per heavy atom. The molecule has 1 rings (SSSR count). The Hall–Kier alpha value is -1.88. The molecule has 1 aromatic rings. The van der Waals surface area contributed by atoms with Gasteiger partial charge in [0.05, 0.1) is 17.5 Å². The molecule has 1 atom stereocenters. The molecule has 0 aliphatic carbocycles. The molecular weight excluding hydrogens is 292 g/mol. The third-order valence-electron chi connectivity index (χ3n) is 2.71. The minimum atomic E-state index is -3.86. The van der Waals surface area contributed by atoms with Crippen LogP contribution in [-0.2, 0) is 14.8 Å². The molecule has 0 spiro atoms. The fourth-order valence-electron chi connectivity index (χ4n) is 1.54. The normalized spacial score (nSPS) is 12.3. The number of aliphatic hydroxyl groups excluding tert-OH is 1. The van der Waals surface area contributed by atoms with Crippen LogP contribution in [0.5, 0.6) is 0 Å². The van der Waals surface area contributed by atoms with E-state index >= 15 is 0 Å². The molecule has 0 heterocycles. The topological polar surface area (TPSA) is 109 Å². The van der Waals surface area contributed by atoms with E-state index < -0.39 is 22.0 Å². The van der Waals surface area contributed by atoms with Crippen LogP contribution in [0, 0.1) is 18.8 Å². The van der Waals surface area contributed by atoms with E-state index in [0.29, 0.717) is 17.5 Å². The maximum Gasteiger partial charge on any atom is 0.241 e. The van der Waals surface area contributed by atoms with E-state index in [4.69, 9.17) is 10.8 Å². The maximum atomic E-state index is 12.2. The van der Waals surface area contributed by atoms with Gasteiger partial charge in [-0.2, -0.15) is 4.72 Å². The second-order valence-corrected chi connectivity index (χ2v) is 6.18. The second-order valence-electron chi connectivity index (χ2n) is 4.50. The molecule has 1 aromatic carbocycles. The minimum absolute atomic E-state index is 0.0476. The van der Waals surface area contributed by atoms with Crippen LogP contribution < -0.4 is 10.5 Å². The van der Waals surface area contributed by atoms with E-state index in [9.17, 15) is 13.2 Å². The van der Waals surface area contributed by atoms with Crippen LogP contribution >= 0.6 is 0 Å². The summed E-state index contributed by atoms with van der Waals surface area (Å²) in [5, 5.41) is 8.67. The largest absolute Gasteiger partial charge is 0.395 e. The van der Waals surface area contributed by atoms with E-state index in [-0.39, 0.29) is 11.5 Å². The van der Waals surface area contributed by atoms with Crippen LogP contribution in [0.1, 0.15) is 24.5 Å². The van der Waals surface area contributed by atoms with Crippen molar-refractivity contribution in [1.29, 1.82) is 0 Å². The zero-order chi connectivity index (χ0) is 16.0. The summed E-state index contributed by atoms with van der Waals surface area (Å²) in [5.41, 5.74) is 6.11. The Labute approximate surface area is 124 Å². The number of carbonyl (C=O) groups excluding carboxylic acids is 1. The van der Waals surface area contributed by atoms with Crippen molar-refractivity contribution in [2.24, 2.45) is 5.73 Å². The van der Waals surface area contributed by atoms with Crippen molar-refractivity contribution < 1.29 is 18.3 Å². The highest BCUT2D eigenvalue weighted by molar-refractivity contribution is 7.89. The Bertz CT molecular complexity index is 687. The van der Waals surface area contributed by atoms with Gasteiger partial charge >= 0.3 is 0 Å². The molecule has 1 unspecified atom stereocenters. The highest BCUT2D eigenvalue weighted by Gasteiger charge is 2.22. The number of primary amides is 1. The maximum absolute atomic E-state index is 12.2. The molecule has 0 bridgehead atoms. The van der Waals surface area contributed by atoms with E-state index in [1.165, 1.54) is 13.0 Å². The lowest BCUT2D eigenvalue weighted by molar-refractivity contribution is -0.119. The number of aryl methyl sites for hydroxylation is 1. The number of aliphatic hydroxyl groups is 1. The van der Waals surface area contributed by atoms with Gasteiger partial charge in [-0.3, -0.25) is 4.79 Å². The number of sulfonamides is 1. The van der Waals surface area contributed by atoms with Crippen LogP contribution in [0.4, 0.5) is 0 Å². The molecule has 21 heavy (non-hydrogen) atoms. The number of rotatable bonds is 5. The number of hydrogen-bond donors (Lipinski definition) is 3. The smallest absolute Gasteiger partial charge is 0.241 e. The molecule has 0 fully saturated rings. The fourth-order valence-corrected chi connectivity index (χ4v) is 3.02. The molecule has 1 amide bonds. The Kier molecular flexibility index (Phi) is 5.90. The average Bonchev–Trinajstić information content (AvgIpc) is 2.40. The van der Waals surface area contributed by atoms with Crippen molar-refractivity contribution in [3.05, 3.63) is 29.3 Å². The Balaban J connectivity index is 3.14. The van der Waals surface area contributed by atoms with Crippen LogP contribution in [0.2, 0.25) is 0 Å². The monoisotopic (exact) mass is 310 g/mol. The van der Waals surface area contributed by atoms with Gasteiger partial charge in [0.2, 0.25) is 15.9 Å². The van der Waals surface area contributed by atoms with Crippen molar-refractivity contribution in [3.8, 4) is 11.8 Å². The molecule has 7 heteroatoms. The highest BCUT2D eigenvalue weighted by Crippen LogP contribution is 2.17. The van der Waals surface area contributed by atoms with Gasteiger partial charge in [-0.15, -0.1) is 0 Å². The zero-order valence-corrected chi connectivity index (χ0v) is 12.7. The summed E-state index contributed by atoms with van der Waals surface area (Å²) in [6, 6.07) is 3.75. The van der Waals surface area contributed by atoms with Crippen LogP contribution in [0.3, 0.4) is 0 Å². The summed E-state index contributed by atoms with van der Waals surface area (Å²) in [6.45, 7) is 2.97. The van der Waals surface area contributed by atoms with Crippen molar-refractivity contribution >= 4 is 15.9 Å². The van der Waals surface area contributed by atoms with E-state index in [1.807, 2.05) is 0 Å². The summed E-state index contributed by atoms with van der Waals surface area (Å²) in [4.78, 5) is 11.0. The average molecular weight is 310 g/mol. The number of nitrogens with two attached hydrogens (primary N) is 1. The molecule has 0 aliphatic heterocycles. The first-order valence-corrected chi connectivity index (χ1v) is 7.78. The molecule has 114 valence electrons. The van der Waals surface area contributed by atoms with Gasteiger partial charge < -0.3 is 10.8 Å². The van der Waals surface area contributed by atoms with Gasteiger partial charge in [0.1, 0.15) is 0 Å². The van der Waals surface area contributed by atoms with Crippen LogP contribution in [0.25, 0.3) is 0 Å². The van der Waals surface area contributed by atoms with Gasteiger partial charge in [0, 0.05) is 12.0 Å². The highest BCUT2D eigenvalue weighted by atomic mass is 32.2. The molecule has 0 radical (unpaired) electrons. The van der Waals surface area contributed by atoms with Crippen LogP contribution in [-0.4, -0.2) is 32.1 Å². The predicted octanol–water partition coefficient (Wildman–Crippen LogP) is -0.119. The summed E-state index contributed by atoms with van der Waals surface area (Å²) < 4.78 is 26.7. The number of carbonyl (C=O) groups is 1. The van der Waals surface area contributed by atoms with Gasteiger partial charge in [-0.25, -0.2) is 8.42 Å². The van der Waals surface area contributed by atoms with Crippen LogP contribution in [0.15, 0.2) is 23.1 Å². The third kappa shape index (κ3) is 4.86. The van der Waals surface area contributed by atoms with E-state index in [2.05, 4.69) is 16.6 Å². The first-order valence-electron chi connectivity index (χ1n) is 6.30. The summed E-state index contributed by atoms with van der Waals surface area (Å²) in [5.74, 6) is 4.73. The lowest BCUT2D eigenvalue weighted by Gasteiger charge is -2.13. The van der Waals surface area contributed by atoms with Gasteiger partial charge in [0.15, 0.2) is 0 Å². The van der Waals surface area contributed by atoms with Gasteiger partial charge in [0.25, 0.3) is 0 Å². The first kappa shape index (κ1) is 17.2. The third-order valence-corrected chi connectivity index (χ3v) is 4.39. The fraction of sp³-hybridized carbons (Fsp3) is 0.357. The summed E-state index contributed by atoms with van der Waals surface area (Å²) in [7, 11) is -3.86. The number of nitrogens with one attached hydrogen (secondary N) is 1. The van der Waals surface area contributed by atoms with Gasteiger partial charge in [-0.1, -0.05) is 17.9 Å². The zero-order valence-electron chi connectivity index (χ0n) is 11.9. The van der Waals surface area contributed by atoms with Crippen molar-refractivity contribution in [1.82, 2.24) is 4.72 Å². The molecule has 0 aliphatic rings. The number of amides is 1. The molecule has 0 aromatic heterocycles. The standard InChI is InChI=1S/C14H18N2O4S/c1-10-6-7-12(5-3-4-8-17)9-13(10)21(19,20)16-11(2)14(15)18/h6-7,9,11,16-17H,4,8H2,1-2H3,(H2,15,18). The van der Waals surface area contributed by atoms with Crippen molar-refractivity contribution in [3.63, 3.8) is 0 Å². The molecule has 4 N–H and O–H groups in total. The first-order chi connectivity index (χ1) is 9.77. The van der Waals surface area contributed by atoms with E-state index in [1.54, 1.807) is 19.1 Å². The second kappa shape index (κ2) is 7.22. The van der Waals surface area contributed by atoms with Gasteiger partial charge in [-0.05, 0) is 31.5 Å². The molecule has 6 nitrogen and oxygen atoms in total. The summed E-state index contributed by atoms with van der Waals surface area (Å²) in [6.07, 6.45) is 0.312. The molecule has 0 saturated heterocycles. The molecule has 0 saturated carbocycles. The van der Waals surface area contributed by atoms with E-state index in [0.717, 1.165) is 0 Å². The van der Waals surface area contributed by atoms with Crippen molar-refractivity contribution in [2.45, 2.75) is 31.2 Å². The number of benzene rings is 1. The minimum Gasteiger partial charge on any atom is -0.395 e. The van der Waals surface area contributed by atoms with Crippen molar-refractivity contribution in [2.75, 3.05) is 6.61 Å². The SMILES string of the molecule is Cc1ccc(C#CCCO)cc1S(=O)(=O)NC(C)C(N)=O. The lowest BCUT2D eigenvalue weighted by Crippen LogP contribution is -2.42. The number of hydrogen-bond acceptors (Lipinski definition) is 4. The lowest BCUT2D eigenvalue weighted by atomic mass is 10.1. The quantitative estimate of drug-likeness (QED) is 0.659.